The van der Waals surface area contributed by atoms with Crippen LogP contribution in [0.4, 0.5) is 14.9 Å². The van der Waals surface area contributed by atoms with Crippen molar-refractivity contribution < 1.29 is 14.3 Å². The fourth-order valence-electron chi connectivity index (χ4n) is 2.10. The van der Waals surface area contributed by atoms with Gasteiger partial charge in [0.25, 0.3) is 0 Å². The highest BCUT2D eigenvalue weighted by atomic mass is 19.1. The minimum absolute atomic E-state index is 0.121. The number of benzene rings is 2. The first-order chi connectivity index (χ1) is 10.6. The number of anilines is 1. The van der Waals surface area contributed by atoms with Gasteiger partial charge in [-0.15, -0.1) is 0 Å². The van der Waals surface area contributed by atoms with Crippen molar-refractivity contribution >= 4 is 11.7 Å². The Morgan fingerprint density at radius 3 is 2.45 bits per heavy atom. The van der Waals surface area contributed by atoms with Gasteiger partial charge < -0.3 is 15.3 Å². The minimum atomic E-state index is -0.671. The van der Waals surface area contributed by atoms with Gasteiger partial charge in [-0.25, -0.2) is 9.18 Å². The van der Waals surface area contributed by atoms with Gasteiger partial charge >= 0.3 is 6.03 Å². The van der Waals surface area contributed by atoms with E-state index in [0.29, 0.717) is 6.54 Å². The summed E-state index contributed by atoms with van der Waals surface area (Å²) in [6.45, 7) is 2.11. The molecule has 0 saturated carbocycles. The monoisotopic (exact) mass is 302 g/mol. The van der Waals surface area contributed by atoms with Crippen molar-refractivity contribution in [3.05, 3.63) is 66.0 Å². The van der Waals surface area contributed by atoms with E-state index < -0.39 is 18.0 Å². The number of rotatable bonds is 5. The predicted molar refractivity (Wildman–Crippen MR) is 84.0 cm³/mol. The smallest absolute Gasteiger partial charge is 0.322 e. The zero-order chi connectivity index (χ0) is 15.9. The summed E-state index contributed by atoms with van der Waals surface area (Å²) in [5, 5.41) is 12.1. The number of carbonyl (C=O) groups is 1. The van der Waals surface area contributed by atoms with E-state index in [9.17, 15) is 14.3 Å². The highest BCUT2D eigenvalue weighted by Crippen LogP contribution is 2.14. The molecule has 0 aliphatic heterocycles. The zero-order valence-electron chi connectivity index (χ0n) is 12.4. The molecule has 2 aromatic rings. The molecule has 1 atom stereocenters. The SMILES string of the molecule is C[C@H](O)CN(Cc1ccccc1)C(=O)Nc1ccccc1F. The standard InChI is InChI=1S/C17H19FN2O2/c1-13(21)11-20(12-14-7-3-2-4-8-14)17(22)19-16-10-6-5-9-15(16)18/h2-10,13,21H,11-12H2,1H3,(H,19,22)/t13-/m0/s1. The second kappa shape index (κ2) is 7.56. The Labute approximate surface area is 129 Å². The second-order valence-electron chi connectivity index (χ2n) is 5.13. The van der Waals surface area contributed by atoms with Gasteiger partial charge in [-0.1, -0.05) is 42.5 Å². The van der Waals surface area contributed by atoms with Crippen LogP contribution in [0.5, 0.6) is 0 Å². The van der Waals surface area contributed by atoms with Crippen LogP contribution in [-0.2, 0) is 6.54 Å². The van der Waals surface area contributed by atoms with Crippen LogP contribution >= 0.6 is 0 Å². The molecule has 2 rings (SSSR count). The van der Waals surface area contributed by atoms with Crippen molar-refractivity contribution in [2.75, 3.05) is 11.9 Å². The Balaban J connectivity index is 2.11. The molecule has 2 amide bonds. The highest BCUT2D eigenvalue weighted by molar-refractivity contribution is 5.89. The lowest BCUT2D eigenvalue weighted by atomic mass is 10.2. The summed E-state index contributed by atoms with van der Waals surface area (Å²) in [7, 11) is 0. The van der Waals surface area contributed by atoms with Gasteiger partial charge in [0, 0.05) is 13.1 Å². The molecule has 0 unspecified atom stereocenters. The van der Waals surface area contributed by atoms with Crippen LogP contribution < -0.4 is 5.32 Å². The van der Waals surface area contributed by atoms with E-state index in [4.69, 9.17) is 0 Å². The number of nitrogens with one attached hydrogen (secondary N) is 1. The van der Waals surface area contributed by atoms with Gasteiger partial charge in [0.1, 0.15) is 5.82 Å². The maximum Gasteiger partial charge on any atom is 0.322 e. The van der Waals surface area contributed by atoms with Crippen molar-refractivity contribution in [1.82, 2.24) is 4.90 Å². The fraction of sp³-hybridized carbons (Fsp3) is 0.235. The van der Waals surface area contributed by atoms with Crippen LogP contribution in [0, 0.1) is 5.82 Å². The van der Waals surface area contributed by atoms with Crippen LogP contribution in [0.1, 0.15) is 12.5 Å². The van der Waals surface area contributed by atoms with Crippen LogP contribution in [-0.4, -0.2) is 28.7 Å². The third kappa shape index (κ3) is 4.56. The van der Waals surface area contributed by atoms with E-state index in [-0.39, 0.29) is 12.2 Å². The Bertz CT molecular complexity index is 617. The average molecular weight is 302 g/mol. The van der Waals surface area contributed by atoms with E-state index in [1.807, 2.05) is 30.3 Å². The maximum atomic E-state index is 13.6. The lowest BCUT2D eigenvalue weighted by Crippen LogP contribution is -2.39. The maximum absolute atomic E-state index is 13.6. The number of para-hydroxylation sites is 1. The first-order valence-electron chi connectivity index (χ1n) is 7.08. The van der Waals surface area contributed by atoms with Gasteiger partial charge in [-0.3, -0.25) is 0 Å². The van der Waals surface area contributed by atoms with E-state index in [2.05, 4.69) is 5.32 Å². The molecule has 0 heterocycles. The third-order valence-corrected chi connectivity index (χ3v) is 3.10. The second-order valence-corrected chi connectivity index (χ2v) is 5.13. The molecule has 0 radical (unpaired) electrons. The number of halogens is 1. The van der Waals surface area contributed by atoms with Gasteiger partial charge in [0.15, 0.2) is 0 Å². The summed E-state index contributed by atoms with van der Waals surface area (Å²) in [6, 6.07) is 15.0. The molecule has 116 valence electrons. The van der Waals surface area contributed by atoms with Crippen LogP contribution in [0.15, 0.2) is 54.6 Å². The molecular formula is C17H19FN2O2. The summed E-state index contributed by atoms with van der Waals surface area (Å²) in [5.41, 5.74) is 1.06. The highest BCUT2D eigenvalue weighted by Gasteiger charge is 2.17. The first kappa shape index (κ1) is 16.0. The molecule has 0 fully saturated rings. The molecule has 22 heavy (non-hydrogen) atoms. The molecule has 0 aliphatic rings. The van der Waals surface area contributed by atoms with Gasteiger partial charge in [-0.2, -0.15) is 0 Å². The number of urea groups is 1. The predicted octanol–water partition coefficient (Wildman–Crippen LogP) is 3.24. The molecule has 2 N–H and O–H groups in total. The van der Waals surface area contributed by atoms with E-state index in [0.717, 1.165) is 5.56 Å². The number of aliphatic hydroxyl groups is 1. The van der Waals surface area contributed by atoms with Crippen molar-refractivity contribution in [3.8, 4) is 0 Å². The van der Waals surface area contributed by atoms with Crippen LogP contribution in [0.2, 0.25) is 0 Å². The topological polar surface area (TPSA) is 52.6 Å². The Morgan fingerprint density at radius 1 is 1.18 bits per heavy atom. The number of aliphatic hydroxyl groups excluding tert-OH is 1. The molecule has 5 heteroatoms. The molecular weight excluding hydrogens is 283 g/mol. The van der Waals surface area contributed by atoms with Gasteiger partial charge in [0.05, 0.1) is 11.8 Å². The van der Waals surface area contributed by atoms with E-state index in [1.165, 1.54) is 17.0 Å². The third-order valence-electron chi connectivity index (χ3n) is 3.10. The summed E-state index contributed by atoms with van der Waals surface area (Å²) >= 11 is 0. The lowest BCUT2D eigenvalue weighted by molar-refractivity contribution is 0.135. The van der Waals surface area contributed by atoms with Gasteiger partial charge in [0.2, 0.25) is 0 Å². The van der Waals surface area contributed by atoms with Crippen molar-refractivity contribution in [1.29, 1.82) is 0 Å². The first-order valence-corrected chi connectivity index (χ1v) is 7.08. The lowest BCUT2D eigenvalue weighted by Gasteiger charge is -2.24. The van der Waals surface area contributed by atoms with E-state index >= 15 is 0 Å². The fourth-order valence-corrected chi connectivity index (χ4v) is 2.10. The molecule has 0 saturated heterocycles. The van der Waals surface area contributed by atoms with Crippen LogP contribution in [0.3, 0.4) is 0 Å². The average Bonchev–Trinajstić information content (AvgIpc) is 2.49. The van der Waals surface area contributed by atoms with Gasteiger partial charge in [-0.05, 0) is 24.6 Å². The van der Waals surface area contributed by atoms with Crippen molar-refractivity contribution in [2.45, 2.75) is 19.6 Å². The summed E-state index contributed by atoms with van der Waals surface area (Å²) in [4.78, 5) is 13.8. The normalized spacial score (nSPS) is 11.8. The molecule has 0 spiro atoms. The van der Waals surface area contributed by atoms with Crippen LogP contribution in [0.25, 0.3) is 0 Å². The Kier molecular flexibility index (Phi) is 5.49. The molecule has 2 aromatic carbocycles. The number of carbonyl (C=O) groups excluding carboxylic acids is 1. The molecule has 4 nitrogen and oxygen atoms in total. The number of nitrogens with zero attached hydrogens (tertiary/aromatic N) is 1. The van der Waals surface area contributed by atoms with Crippen molar-refractivity contribution in [3.63, 3.8) is 0 Å². The summed E-state index contributed by atoms with van der Waals surface area (Å²) < 4.78 is 13.6. The largest absolute Gasteiger partial charge is 0.392 e. The Morgan fingerprint density at radius 2 is 1.82 bits per heavy atom. The number of amides is 2. The zero-order valence-corrected chi connectivity index (χ0v) is 12.4. The molecule has 0 aliphatic carbocycles. The number of hydrogen-bond donors (Lipinski definition) is 2. The van der Waals surface area contributed by atoms with Crippen molar-refractivity contribution in [2.24, 2.45) is 0 Å². The quantitative estimate of drug-likeness (QED) is 0.891. The Hall–Kier alpha value is -2.40. The molecule has 0 aromatic heterocycles. The molecule has 0 bridgehead atoms. The van der Waals surface area contributed by atoms with E-state index in [1.54, 1.807) is 19.1 Å². The minimum Gasteiger partial charge on any atom is -0.392 e. The summed E-state index contributed by atoms with van der Waals surface area (Å²) in [6.07, 6.45) is -0.671. The summed E-state index contributed by atoms with van der Waals surface area (Å²) in [5.74, 6) is -0.493. The number of hydrogen-bond acceptors (Lipinski definition) is 2.